The summed E-state index contributed by atoms with van der Waals surface area (Å²) in [5.41, 5.74) is 2.76. The number of nitrogens with zero attached hydrogens (tertiary/aromatic N) is 3. The zero-order valence-corrected chi connectivity index (χ0v) is 18.3. The molecule has 0 radical (unpaired) electrons. The number of fused-ring (bicyclic) bond motifs is 1. The van der Waals surface area contributed by atoms with Crippen molar-refractivity contribution in [1.29, 1.82) is 0 Å². The number of hydrogen-bond donors (Lipinski definition) is 0. The summed E-state index contributed by atoms with van der Waals surface area (Å²) in [6.45, 7) is 0. The molecule has 1 unspecified atom stereocenters. The minimum atomic E-state index is -0.689. The van der Waals surface area contributed by atoms with E-state index in [4.69, 9.17) is 4.42 Å². The summed E-state index contributed by atoms with van der Waals surface area (Å²) in [5.74, 6) is 0.0169. The van der Waals surface area contributed by atoms with E-state index in [1.807, 2.05) is 24.3 Å². The van der Waals surface area contributed by atoms with E-state index in [1.165, 1.54) is 4.90 Å². The summed E-state index contributed by atoms with van der Waals surface area (Å²) < 4.78 is 5.82. The van der Waals surface area contributed by atoms with Crippen LogP contribution in [0.15, 0.2) is 52.9 Å². The Morgan fingerprint density at radius 2 is 1.70 bits per heavy atom. The third-order valence-electron chi connectivity index (χ3n) is 7.02. The maximum atomic E-state index is 13.4. The zero-order chi connectivity index (χ0) is 22.5. The molecule has 2 heterocycles. The summed E-state index contributed by atoms with van der Waals surface area (Å²) in [4.78, 5) is 46.9. The third kappa shape index (κ3) is 3.52. The number of oxazole rings is 1. The molecule has 3 aromatic rings. The largest absolute Gasteiger partial charge is 0.436 e. The molecule has 3 amide bonds. The summed E-state index contributed by atoms with van der Waals surface area (Å²) >= 11 is 0. The van der Waals surface area contributed by atoms with E-state index in [1.54, 1.807) is 29.2 Å². The van der Waals surface area contributed by atoms with Gasteiger partial charge < -0.3 is 9.32 Å². The van der Waals surface area contributed by atoms with E-state index >= 15 is 0 Å². The highest BCUT2D eigenvalue weighted by molar-refractivity contribution is 6.23. The molecule has 7 nitrogen and oxygen atoms in total. The Balaban J connectivity index is 1.26. The second-order valence-electron chi connectivity index (χ2n) is 9.28. The molecule has 6 rings (SSSR count). The predicted molar refractivity (Wildman–Crippen MR) is 122 cm³/mol. The predicted octanol–water partition coefficient (Wildman–Crippen LogP) is 4.31. The first-order chi connectivity index (χ1) is 16.1. The molecule has 1 aromatic heterocycles. The number of benzene rings is 2. The zero-order valence-electron chi connectivity index (χ0n) is 18.3. The van der Waals surface area contributed by atoms with Gasteiger partial charge in [-0.3, -0.25) is 14.4 Å². The van der Waals surface area contributed by atoms with Crippen molar-refractivity contribution >= 4 is 34.5 Å². The van der Waals surface area contributed by atoms with Crippen molar-refractivity contribution in [3.8, 4) is 11.5 Å². The molecular weight excluding hydrogens is 418 g/mol. The van der Waals surface area contributed by atoms with Crippen molar-refractivity contribution in [2.45, 2.75) is 57.0 Å². The van der Waals surface area contributed by atoms with Gasteiger partial charge in [0.2, 0.25) is 17.7 Å². The molecule has 7 heteroatoms. The molecule has 1 aliphatic heterocycles. The Labute approximate surface area is 191 Å². The van der Waals surface area contributed by atoms with Crippen LogP contribution in [0, 0.1) is 5.92 Å². The van der Waals surface area contributed by atoms with Crippen molar-refractivity contribution in [2.75, 3.05) is 4.90 Å². The topological polar surface area (TPSA) is 83.7 Å². The minimum Gasteiger partial charge on any atom is -0.436 e. The third-order valence-corrected chi connectivity index (χ3v) is 7.02. The number of anilines is 1. The average Bonchev–Trinajstić information content (AvgIpc) is 3.24. The SMILES string of the molecule is O=C1CC(N(C(=O)C2CC2)C2CCCC2)C(=O)N1c1ccc(-c2nc3ccccc3o2)cc1. The molecular formula is C26H25N3O4. The van der Waals surface area contributed by atoms with Gasteiger partial charge in [0.05, 0.1) is 12.1 Å². The van der Waals surface area contributed by atoms with Gasteiger partial charge in [-0.15, -0.1) is 0 Å². The molecule has 3 aliphatic rings. The van der Waals surface area contributed by atoms with Crippen LogP contribution in [-0.2, 0) is 14.4 Å². The molecule has 1 atom stereocenters. The van der Waals surface area contributed by atoms with E-state index in [9.17, 15) is 14.4 Å². The number of rotatable bonds is 5. The summed E-state index contributed by atoms with van der Waals surface area (Å²) in [7, 11) is 0. The first kappa shape index (κ1) is 20.1. The highest BCUT2D eigenvalue weighted by atomic mass is 16.3. The van der Waals surface area contributed by atoms with Crippen molar-refractivity contribution in [1.82, 2.24) is 9.88 Å². The van der Waals surface area contributed by atoms with Gasteiger partial charge in [0.15, 0.2) is 5.58 Å². The van der Waals surface area contributed by atoms with Crippen molar-refractivity contribution in [2.24, 2.45) is 5.92 Å². The number of imide groups is 1. The Morgan fingerprint density at radius 3 is 2.39 bits per heavy atom. The quantitative estimate of drug-likeness (QED) is 0.549. The van der Waals surface area contributed by atoms with Crippen molar-refractivity contribution in [3.63, 3.8) is 0 Å². The van der Waals surface area contributed by atoms with Crippen molar-refractivity contribution < 1.29 is 18.8 Å². The first-order valence-electron chi connectivity index (χ1n) is 11.7. The van der Waals surface area contributed by atoms with Crippen LogP contribution in [-0.4, -0.2) is 39.7 Å². The van der Waals surface area contributed by atoms with Gasteiger partial charge >= 0.3 is 0 Å². The minimum absolute atomic E-state index is 0.0261. The summed E-state index contributed by atoms with van der Waals surface area (Å²) in [6.07, 6.45) is 5.78. The second kappa shape index (κ2) is 7.83. The lowest BCUT2D eigenvalue weighted by Gasteiger charge is -2.33. The van der Waals surface area contributed by atoms with Crippen LogP contribution in [0.3, 0.4) is 0 Å². The maximum Gasteiger partial charge on any atom is 0.257 e. The monoisotopic (exact) mass is 443 g/mol. The van der Waals surface area contributed by atoms with Crippen LogP contribution in [0.5, 0.6) is 0 Å². The van der Waals surface area contributed by atoms with Crippen LogP contribution < -0.4 is 4.90 Å². The Kier molecular flexibility index (Phi) is 4.78. The lowest BCUT2D eigenvalue weighted by atomic mass is 10.1. The van der Waals surface area contributed by atoms with Crippen LogP contribution in [0.1, 0.15) is 44.9 Å². The molecule has 0 bridgehead atoms. The molecule has 33 heavy (non-hydrogen) atoms. The van der Waals surface area contributed by atoms with E-state index in [2.05, 4.69) is 4.98 Å². The van der Waals surface area contributed by atoms with Crippen LogP contribution in [0.25, 0.3) is 22.6 Å². The van der Waals surface area contributed by atoms with E-state index in [0.29, 0.717) is 17.2 Å². The Bertz CT molecular complexity index is 1200. The molecule has 3 fully saturated rings. The van der Waals surface area contributed by atoms with Gasteiger partial charge in [-0.25, -0.2) is 9.88 Å². The fourth-order valence-electron chi connectivity index (χ4n) is 5.16. The fraction of sp³-hybridized carbons (Fsp3) is 0.385. The van der Waals surface area contributed by atoms with Crippen LogP contribution in [0.4, 0.5) is 5.69 Å². The average molecular weight is 444 g/mol. The lowest BCUT2D eigenvalue weighted by molar-refractivity contribution is -0.142. The summed E-state index contributed by atoms with van der Waals surface area (Å²) in [5, 5.41) is 0. The lowest BCUT2D eigenvalue weighted by Crippen LogP contribution is -2.50. The maximum absolute atomic E-state index is 13.4. The highest BCUT2D eigenvalue weighted by Crippen LogP contribution is 2.38. The van der Waals surface area contributed by atoms with Gasteiger partial charge in [-0.2, -0.15) is 0 Å². The standard InChI is InChI=1S/C26H25N3O4/c30-23-15-21(28(18-5-1-2-6-18)25(31)17-9-10-17)26(32)29(23)19-13-11-16(12-14-19)24-27-20-7-3-4-8-22(20)33-24/h3-4,7-8,11-14,17-18,21H,1-2,5-6,9-10,15H2. The van der Waals surface area contributed by atoms with Crippen molar-refractivity contribution in [3.05, 3.63) is 48.5 Å². The first-order valence-corrected chi connectivity index (χ1v) is 11.7. The van der Waals surface area contributed by atoms with Crippen LogP contribution in [0.2, 0.25) is 0 Å². The number of carbonyl (C=O) groups is 3. The molecule has 2 aromatic carbocycles. The second-order valence-corrected chi connectivity index (χ2v) is 9.28. The number of para-hydroxylation sites is 2. The number of carbonyl (C=O) groups excluding carboxylic acids is 3. The molecule has 0 spiro atoms. The highest BCUT2D eigenvalue weighted by Gasteiger charge is 2.49. The molecule has 1 saturated heterocycles. The van der Waals surface area contributed by atoms with E-state index in [0.717, 1.165) is 49.6 Å². The van der Waals surface area contributed by atoms with Gasteiger partial charge in [-0.1, -0.05) is 25.0 Å². The van der Waals surface area contributed by atoms with E-state index < -0.39 is 6.04 Å². The number of amides is 3. The number of hydrogen-bond acceptors (Lipinski definition) is 5. The smallest absolute Gasteiger partial charge is 0.257 e. The Hall–Kier alpha value is -3.48. The molecule has 168 valence electrons. The van der Waals surface area contributed by atoms with Gasteiger partial charge in [-0.05, 0) is 62.1 Å². The molecule has 2 saturated carbocycles. The molecule has 2 aliphatic carbocycles. The fourth-order valence-corrected chi connectivity index (χ4v) is 5.16. The summed E-state index contributed by atoms with van der Waals surface area (Å²) in [6, 6.07) is 14.0. The van der Waals surface area contributed by atoms with Crippen LogP contribution >= 0.6 is 0 Å². The number of aromatic nitrogens is 1. The molecule has 0 N–H and O–H groups in total. The van der Waals surface area contributed by atoms with Gasteiger partial charge in [0, 0.05) is 17.5 Å². The Morgan fingerprint density at radius 1 is 0.970 bits per heavy atom. The van der Waals surface area contributed by atoms with Gasteiger partial charge in [0.1, 0.15) is 11.6 Å². The van der Waals surface area contributed by atoms with Gasteiger partial charge in [0.25, 0.3) is 5.91 Å². The van der Waals surface area contributed by atoms with E-state index in [-0.39, 0.29) is 36.1 Å². The normalized spacial score (nSPS) is 21.3.